The average molecular weight is 379 g/mol. The number of carbonyl (C=O) groups excluding carboxylic acids is 1. The molecule has 4 rings (SSSR count). The number of piperidine rings is 1. The van der Waals surface area contributed by atoms with Gasteiger partial charge in [-0.3, -0.25) is 4.79 Å². The molecular weight excluding hydrogens is 354 g/mol. The Labute approximate surface area is 164 Å². The van der Waals surface area contributed by atoms with Gasteiger partial charge in [0.2, 0.25) is 11.9 Å². The summed E-state index contributed by atoms with van der Waals surface area (Å²) < 4.78 is 7.43. The minimum Gasteiger partial charge on any atom is -0.497 e. The van der Waals surface area contributed by atoms with Crippen molar-refractivity contribution in [3.8, 4) is 5.75 Å². The molecule has 0 radical (unpaired) electrons. The maximum absolute atomic E-state index is 12.6. The molecule has 1 saturated heterocycles. The Morgan fingerprint density at radius 1 is 1.29 bits per heavy atom. The van der Waals surface area contributed by atoms with Crippen LogP contribution in [0.5, 0.6) is 5.75 Å². The molecule has 0 aliphatic carbocycles. The van der Waals surface area contributed by atoms with Gasteiger partial charge < -0.3 is 19.5 Å². The van der Waals surface area contributed by atoms with Gasteiger partial charge >= 0.3 is 0 Å². The topological polar surface area (TPSA) is 72.3 Å². The number of rotatable bonds is 6. The number of anilines is 1. The number of nitrogens with one attached hydrogen (secondary N) is 1. The molecule has 2 aromatic heterocycles. The van der Waals surface area contributed by atoms with Gasteiger partial charge in [0.1, 0.15) is 5.75 Å². The normalized spacial score (nSPS) is 16.9. The highest BCUT2D eigenvalue weighted by Crippen LogP contribution is 2.22. The molecule has 1 N–H and O–H groups in total. The Kier molecular flexibility index (Phi) is 5.41. The lowest BCUT2D eigenvalue weighted by Gasteiger charge is -2.31. The van der Waals surface area contributed by atoms with Crippen molar-refractivity contribution in [2.24, 2.45) is 5.92 Å². The predicted molar refractivity (Wildman–Crippen MR) is 108 cm³/mol. The molecule has 1 fully saturated rings. The molecule has 1 atom stereocenters. The maximum Gasteiger partial charge on any atom is 0.225 e. The van der Waals surface area contributed by atoms with E-state index in [1.165, 1.54) is 0 Å². The number of amides is 1. The van der Waals surface area contributed by atoms with E-state index in [4.69, 9.17) is 4.74 Å². The molecule has 1 aromatic carbocycles. The number of hydrogen-bond donors (Lipinski definition) is 1. The molecular formula is C21H25N5O2. The summed E-state index contributed by atoms with van der Waals surface area (Å²) in [7, 11) is 1.67. The van der Waals surface area contributed by atoms with E-state index in [2.05, 4.69) is 36.9 Å². The number of hydrogen-bond acceptors (Lipinski definition) is 5. The van der Waals surface area contributed by atoms with Crippen molar-refractivity contribution in [3.05, 3.63) is 48.9 Å². The minimum atomic E-state index is -0.0248. The van der Waals surface area contributed by atoms with Crippen LogP contribution >= 0.6 is 0 Å². The van der Waals surface area contributed by atoms with Crippen molar-refractivity contribution in [1.29, 1.82) is 0 Å². The van der Waals surface area contributed by atoms with Crippen LogP contribution in [0.1, 0.15) is 12.8 Å². The highest BCUT2D eigenvalue weighted by Gasteiger charge is 2.26. The predicted octanol–water partition coefficient (Wildman–Crippen LogP) is 2.47. The minimum absolute atomic E-state index is 0.0248. The monoisotopic (exact) mass is 379 g/mol. The van der Waals surface area contributed by atoms with Crippen LogP contribution < -0.4 is 15.0 Å². The zero-order valence-electron chi connectivity index (χ0n) is 16.0. The van der Waals surface area contributed by atoms with E-state index in [1.807, 2.05) is 18.3 Å². The highest BCUT2D eigenvalue weighted by atomic mass is 16.5. The molecule has 0 spiro atoms. The van der Waals surface area contributed by atoms with E-state index in [0.29, 0.717) is 19.0 Å². The summed E-state index contributed by atoms with van der Waals surface area (Å²) in [6.45, 7) is 2.90. The van der Waals surface area contributed by atoms with Crippen LogP contribution in [-0.4, -0.2) is 47.2 Å². The molecule has 7 nitrogen and oxygen atoms in total. The number of nitrogens with zero attached hydrogens (tertiary/aromatic N) is 4. The first-order valence-electron chi connectivity index (χ1n) is 9.67. The zero-order valence-corrected chi connectivity index (χ0v) is 16.0. The Morgan fingerprint density at radius 3 is 2.96 bits per heavy atom. The summed E-state index contributed by atoms with van der Waals surface area (Å²) in [5.41, 5.74) is 1.14. The van der Waals surface area contributed by atoms with Gasteiger partial charge in [0.05, 0.1) is 13.0 Å². The van der Waals surface area contributed by atoms with Crippen LogP contribution in [0.15, 0.2) is 48.9 Å². The molecule has 28 heavy (non-hydrogen) atoms. The smallest absolute Gasteiger partial charge is 0.225 e. The first-order valence-corrected chi connectivity index (χ1v) is 9.67. The van der Waals surface area contributed by atoms with Gasteiger partial charge in [-0.2, -0.15) is 0 Å². The van der Waals surface area contributed by atoms with E-state index in [0.717, 1.165) is 42.6 Å². The van der Waals surface area contributed by atoms with Crippen molar-refractivity contribution in [3.63, 3.8) is 0 Å². The molecule has 1 aliphatic rings. The standard InChI is InChI=1S/C21H25N5O2/c1-28-18-5-6-19-16(14-18)7-12-25(19)13-10-22-20(27)17-4-2-11-26(15-17)21-23-8-3-9-24-21/h3,5-9,12,14,17H,2,4,10-11,13,15H2,1H3,(H,22,27). The van der Waals surface area contributed by atoms with Gasteiger partial charge in [0.25, 0.3) is 0 Å². The third-order valence-corrected chi connectivity index (χ3v) is 5.26. The van der Waals surface area contributed by atoms with Crippen LogP contribution in [0.4, 0.5) is 5.95 Å². The van der Waals surface area contributed by atoms with Gasteiger partial charge in [0.15, 0.2) is 0 Å². The zero-order chi connectivity index (χ0) is 19.3. The third-order valence-electron chi connectivity index (χ3n) is 5.26. The van der Waals surface area contributed by atoms with Crippen LogP contribution in [0.3, 0.4) is 0 Å². The fourth-order valence-electron chi connectivity index (χ4n) is 3.77. The summed E-state index contributed by atoms with van der Waals surface area (Å²) >= 11 is 0. The average Bonchev–Trinajstić information content (AvgIpc) is 3.16. The largest absolute Gasteiger partial charge is 0.497 e. The van der Waals surface area contributed by atoms with E-state index in [-0.39, 0.29) is 11.8 Å². The van der Waals surface area contributed by atoms with E-state index in [1.54, 1.807) is 25.6 Å². The van der Waals surface area contributed by atoms with Gasteiger partial charge in [-0.05, 0) is 43.2 Å². The number of carbonyl (C=O) groups is 1. The SMILES string of the molecule is COc1ccc2c(ccn2CCNC(=O)C2CCCN(c3ncccn3)C2)c1. The number of aromatic nitrogens is 3. The van der Waals surface area contributed by atoms with E-state index >= 15 is 0 Å². The fourth-order valence-corrected chi connectivity index (χ4v) is 3.77. The Hall–Kier alpha value is -3.09. The second kappa shape index (κ2) is 8.29. The van der Waals surface area contributed by atoms with Crippen molar-refractivity contribution in [2.75, 3.05) is 31.6 Å². The summed E-state index contributed by atoms with van der Waals surface area (Å²) in [5.74, 6) is 1.64. The molecule has 0 bridgehead atoms. The van der Waals surface area contributed by atoms with Crippen LogP contribution in [0, 0.1) is 5.92 Å². The fraction of sp³-hybridized carbons (Fsp3) is 0.381. The van der Waals surface area contributed by atoms with Gasteiger partial charge in [0, 0.05) is 55.7 Å². The Morgan fingerprint density at radius 2 is 2.14 bits per heavy atom. The molecule has 1 unspecified atom stereocenters. The highest BCUT2D eigenvalue weighted by molar-refractivity contribution is 5.82. The molecule has 3 aromatic rings. The number of fused-ring (bicyclic) bond motifs is 1. The molecule has 0 saturated carbocycles. The molecule has 1 aliphatic heterocycles. The number of methoxy groups -OCH3 is 1. The third kappa shape index (κ3) is 3.93. The number of ether oxygens (including phenoxy) is 1. The summed E-state index contributed by atoms with van der Waals surface area (Å²) in [6, 6.07) is 9.90. The van der Waals surface area contributed by atoms with E-state index in [9.17, 15) is 4.79 Å². The summed E-state index contributed by atoms with van der Waals surface area (Å²) in [4.78, 5) is 23.4. The number of benzene rings is 1. The molecule has 1 amide bonds. The molecule has 7 heteroatoms. The van der Waals surface area contributed by atoms with Crippen LogP contribution in [0.2, 0.25) is 0 Å². The van der Waals surface area contributed by atoms with Crippen LogP contribution in [-0.2, 0) is 11.3 Å². The van der Waals surface area contributed by atoms with Gasteiger partial charge in [-0.25, -0.2) is 9.97 Å². The lowest BCUT2D eigenvalue weighted by molar-refractivity contribution is -0.125. The molecule has 146 valence electrons. The van der Waals surface area contributed by atoms with E-state index < -0.39 is 0 Å². The Bertz CT molecular complexity index is 940. The quantitative estimate of drug-likeness (QED) is 0.712. The first-order chi connectivity index (χ1) is 13.7. The lowest BCUT2D eigenvalue weighted by Crippen LogP contribution is -2.44. The second-order valence-corrected chi connectivity index (χ2v) is 7.06. The second-order valence-electron chi connectivity index (χ2n) is 7.06. The van der Waals surface area contributed by atoms with Crippen molar-refractivity contribution < 1.29 is 9.53 Å². The van der Waals surface area contributed by atoms with Crippen molar-refractivity contribution >= 4 is 22.8 Å². The van der Waals surface area contributed by atoms with Gasteiger partial charge in [-0.1, -0.05) is 0 Å². The summed E-state index contributed by atoms with van der Waals surface area (Å²) in [6.07, 6.45) is 7.40. The Balaban J connectivity index is 1.32. The first kappa shape index (κ1) is 18.3. The van der Waals surface area contributed by atoms with Crippen LogP contribution in [0.25, 0.3) is 10.9 Å². The summed E-state index contributed by atoms with van der Waals surface area (Å²) in [5, 5.41) is 4.23. The lowest BCUT2D eigenvalue weighted by atomic mass is 9.97. The van der Waals surface area contributed by atoms with Gasteiger partial charge in [-0.15, -0.1) is 0 Å². The van der Waals surface area contributed by atoms with Crippen molar-refractivity contribution in [1.82, 2.24) is 19.9 Å². The maximum atomic E-state index is 12.6. The van der Waals surface area contributed by atoms with Crippen molar-refractivity contribution in [2.45, 2.75) is 19.4 Å². The molecule has 3 heterocycles.